The Morgan fingerprint density at radius 1 is 1.20 bits per heavy atom. The molecule has 3 atom stereocenters. The number of H-pyrrole nitrogens is 1. The van der Waals surface area contributed by atoms with Gasteiger partial charge in [0.05, 0.1) is 53.0 Å². The second-order valence-electron chi connectivity index (χ2n) is 11.0. The zero-order valence-electron chi connectivity index (χ0n) is 22.6. The first-order valence-corrected chi connectivity index (χ1v) is 13.6. The van der Waals surface area contributed by atoms with Crippen LogP contribution in [0.3, 0.4) is 0 Å². The van der Waals surface area contributed by atoms with Gasteiger partial charge in [-0.05, 0) is 36.3 Å². The molecule has 2 aliphatic heterocycles. The van der Waals surface area contributed by atoms with Crippen molar-refractivity contribution in [3.63, 3.8) is 0 Å². The number of imidazole rings is 1. The topological polar surface area (TPSA) is 112 Å². The first kappa shape index (κ1) is 24.8. The Morgan fingerprint density at radius 2 is 2.00 bits per heavy atom. The molecule has 6 heterocycles. The molecule has 11 heteroatoms. The third-order valence-corrected chi connectivity index (χ3v) is 8.70. The maximum Gasteiger partial charge on any atom is 0.329 e. The van der Waals surface area contributed by atoms with E-state index in [1.54, 1.807) is 38.1 Å². The summed E-state index contributed by atoms with van der Waals surface area (Å²) in [6.07, 6.45) is 5.59. The standard InChI is InChI=1S/C29H30FN7O3/c1-31-28(38)20-14-40-13-15-4-6-16(7-5-15)22-23-25-21(36(3)29(39)37(25)18-9-8-17(20)10-18)11-32-27(23)33-24(22)19-12-35(2)34-26(19)30/h4-7,11-12,17-18,20H,8-10,13-14H2,1-3H3,(H,31,38)(H,32,33)/t17-,18-,20?/m1/s1. The SMILES string of the molecule is CNC(=O)C1COCc2ccc(cc2)-c2c(-c3cn(C)nc3F)[nH]c3ncc4c(c23)n(c(=O)n4C)[C@@H]2CC[C@@H]1C2. The van der Waals surface area contributed by atoms with E-state index in [1.165, 1.54) is 4.68 Å². The molecule has 3 aliphatic rings. The van der Waals surface area contributed by atoms with Gasteiger partial charge < -0.3 is 15.0 Å². The number of nitrogens with zero attached hydrogens (tertiary/aromatic N) is 5. The smallest absolute Gasteiger partial charge is 0.329 e. The van der Waals surface area contributed by atoms with Crippen molar-refractivity contribution in [3.8, 4) is 22.4 Å². The summed E-state index contributed by atoms with van der Waals surface area (Å²) >= 11 is 0. The van der Waals surface area contributed by atoms with Crippen LogP contribution in [-0.4, -0.2) is 48.4 Å². The van der Waals surface area contributed by atoms with Gasteiger partial charge in [0.1, 0.15) is 5.65 Å². The Morgan fingerprint density at radius 3 is 2.73 bits per heavy atom. The van der Waals surface area contributed by atoms with Crippen LogP contribution >= 0.6 is 0 Å². The molecule has 1 aliphatic carbocycles. The van der Waals surface area contributed by atoms with Crippen molar-refractivity contribution >= 4 is 28.0 Å². The molecule has 206 valence electrons. The van der Waals surface area contributed by atoms with E-state index in [9.17, 15) is 9.59 Å². The molecule has 10 nitrogen and oxygen atoms in total. The van der Waals surface area contributed by atoms with Gasteiger partial charge in [-0.15, -0.1) is 5.10 Å². The number of pyridine rings is 1. The summed E-state index contributed by atoms with van der Waals surface area (Å²) < 4.78 is 26.1. The lowest BCUT2D eigenvalue weighted by Gasteiger charge is -2.22. The number of ether oxygens (including phenoxy) is 1. The maximum atomic E-state index is 15.1. The van der Waals surface area contributed by atoms with Gasteiger partial charge in [0.15, 0.2) is 0 Å². The Bertz CT molecular complexity index is 1850. The van der Waals surface area contributed by atoms with E-state index in [2.05, 4.69) is 15.4 Å². The average Bonchev–Trinajstić information content (AvgIpc) is 3.70. The van der Waals surface area contributed by atoms with Gasteiger partial charge in [0.25, 0.3) is 0 Å². The molecule has 0 spiro atoms. The predicted octanol–water partition coefficient (Wildman–Crippen LogP) is 3.66. The number of amides is 1. The number of aryl methyl sites for hydroxylation is 2. The van der Waals surface area contributed by atoms with Crippen LogP contribution in [0.2, 0.25) is 0 Å². The second kappa shape index (κ2) is 9.16. The number of halogens is 1. The van der Waals surface area contributed by atoms with Crippen LogP contribution in [0.5, 0.6) is 0 Å². The zero-order valence-corrected chi connectivity index (χ0v) is 22.6. The second-order valence-corrected chi connectivity index (χ2v) is 11.0. The first-order chi connectivity index (χ1) is 19.4. The van der Waals surface area contributed by atoms with E-state index in [-0.39, 0.29) is 29.5 Å². The molecule has 1 amide bonds. The zero-order chi connectivity index (χ0) is 27.7. The molecular weight excluding hydrogens is 513 g/mol. The number of carbonyl (C=O) groups excluding carboxylic acids is 1. The number of aromatic nitrogens is 6. The number of carbonyl (C=O) groups is 1. The van der Waals surface area contributed by atoms with Gasteiger partial charge in [0.2, 0.25) is 11.9 Å². The molecular formula is C29H30FN7O3. The predicted molar refractivity (Wildman–Crippen MR) is 148 cm³/mol. The lowest BCUT2D eigenvalue weighted by Crippen LogP contribution is -2.35. The quantitative estimate of drug-likeness (QED) is 0.353. The van der Waals surface area contributed by atoms with Gasteiger partial charge in [-0.25, -0.2) is 9.78 Å². The first-order valence-electron chi connectivity index (χ1n) is 13.6. The van der Waals surface area contributed by atoms with Crippen LogP contribution < -0.4 is 11.0 Å². The highest BCUT2D eigenvalue weighted by atomic mass is 19.1. The van der Waals surface area contributed by atoms with Crippen LogP contribution in [0.1, 0.15) is 30.9 Å². The molecule has 0 saturated heterocycles. The summed E-state index contributed by atoms with van der Waals surface area (Å²) in [5.41, 5.74) is 5.36. The number of nitrogens with one attached hydrogen (secondary N) is 2. The van der Waals surface area contributed by atoms with Crippen LogP contribution in [0, 0.1) is 17.8 Å². The van der Waals surface area contributed by atoms with Gasteiger partial charge >= 0.3 is 5.69 Å². The van der Waals surface area contributed by atoms with Crippen molar-refractivity contribution in [1.82, 2.24) is 34.2 Å². The summed E-state index contributed by atoms with van der Waals surface area (Å²) in [5, 5.41) is 7.50. The van der Waals surface area contributed by atoms with Gasteiger partial charge in [0, 0.05) is 38.9 Å². The minimum Gasteiger partial charge on any atom is -0.376 e. The average molecular weight is 544 g/mol. The van der Waals surface area contributed by atoms with E-state index in [0.29, 0.717) is 42.1 Å². The van der Waals surface area contributed by atoms with Crippen LogP contribution in [0.15, 0.2) is 41.5 Å². The molecule has 40 heavy (non-hydrogen) atoms. The summed E-state index contributed by atoms with van der Waals surface area (Å²) in [4.78, 5) is 34.8. The van der Waals surface area contributed by atoms with Crippen LogP contribution in [0.4, 0.5) is 4.39 Å². The number of rotatable bonds is 2. The largest absolute Gasteiger partial charge is 0.376 e. The highest BCUT2D eigenvalue weighted by molar-refractivity contribution is 6.14. The Labute approximate surface area is 228 Å². The highest BCUT2D eigenvalue weighted by Gasteiger charge is 2.37. The molecule has 5 aromatic rings. The third kappa shape index (κ3) is 3.64. The number of benzene rings is 1. The van der Waals surface area contributed by atoms with Crippen molar-refractivity contribution in [2.45, 2.75) is 31.9 Å². The molecule has 1 aromatic carbocycles. The molecule has 0 radical (unpaired) electrons. The molecule has 1 fully saturated rings. The molecule has 8 rings (SSSR count). The van der Waals surface area contributed by atoms with Crippen molar-refractivity contribution < 1.29 is 13.9 Å². The van der Waals surface area contributed by atoms with Crippen molar-refractivity contribution in [2.75, 3.05) is 13.7 Å². The third-order valence-electron chi connectivity index (χ3n) is 8.70. The number of hydrogen-bond acceptors (Lipinski definition) is 5. The lowest BCUT2D eigenvalue weighted by molar-refractivity contribution is -0.128. The van der Waals surface area contributed by atoms with Crippen molar-refractivity contribution in [3.05, 3.63) is 58.7 Å². The minimum atomic E-state index is -0.591. The highest BCUT2D eigenvalue weighted by Crippen LogP contribution is 2.45. The monoisotopic (exact) mass is 543 g/mol. The van der Waals surface area contributed by atoms with Crippen LogP contribution in [0.25, 0.3) is 44.5 Å². The van der Waals surface area contributed by atoms with Crippen molar-refractivity contribution in [1.29, 1.82) is 0 Å². The van der Waals surface area contributed by atoms with Crippen LogP contribution in [-0.2, 0) is 30.2 Å². The fraction of sp³-hybridized carbons (Fsp3) is 0.379. The Kier molecular flexibility index (Phi) is 5.67. The molecule has 2 N–H and O–H groups in total. The van der Waals surface area contributed by atoms with Gasteiger partial charge in [-0.3, -0.25) is 18.6 Å². The molecule has 4 bridgehead atoms. The van der Waals surface area contributed by atoms with E-state index < -0.39 is 5.95 Å². The van der Waals surface area contributed by atoms with Crippen molar-refractivity contribution in [2.24, 2.45) is 25.9 Å². The maximum absolute atomic E-state index is 15.1. The minimum absolute atomic E-state index is 0.0433. The molecule has 4 aromatic heterocycles. The summed E-state index contributed by atoms with van der Waals surface area (Å²) in [6.45, 7) is 0.677. The molecule has 1 unspecified atom stereocenters. The Balaban J connectivity index is 1.56. The normalized spacial score (nSPS) is 20.9. The fourth-order valence-electron chi connectivity index (χ4n) is 6.71. The number of fused-ring (bicyclic) bond motifs is 5. The van der Waals surface area contributed by atoms with Gasteiger partial charge in [-0.1, -0.05) is 24.3 Å². The van der Waals surface area contributed by atoms with E-state index in [1.807, 2.05) is 28.8 Å². The van der Waals surface area contributed by atoms with E-state index >= 15 is 4.39 Å². The van der Waals surface area contributed by atoms with Gasteiger partial charge in [-0.2, -0.15) is 4.39 Å². The summed E-state index contributed by atoms with van der Waals surface area (Å²) in [6, 6.07) is 7.80. The Hall–Kier alpha value is -4.25. The molecule has 1 saturated carbocycles. The number of hydrogen-bond donors (Lipinski definition) is 2. The van der Waals surface area contributed by atoms with E-state index in [4.69, 9.17) is 9.72 Å². The summed E-state index contributed by atoms with van der Waals surface area (Å²) in [5.74, 6) is -0.873. The van der Waals surface area contributed by atoms with E-state index in [0.717, 1.165) is 40.4 Å². The fourth-order valence-corrected chi connectivity index (χ4v) is 6.71. The summed E-state index contributed by atoms with van der Waals surface area (Å²) in [7, 11) is 5.08. The number of aromatic amines is 1. The lowest BCUT2D eigenvalue weighted by atomic mass is 9.90.